The summed E-state index contributed by atoms with van der Waals surface area (Å²) in [6, 6.07) is 13.1. The third-order valence-corrected chi connectivity index (χ3v) is 4.68. The quantitative estimate of drug-likeness (QED) is 0.797. The fourth-order valence-corrected chi connectivity index (χ4v) is 3.35. The summed E-state index contributed by atoms with van der Waals surface area (Å²) in [7, 11) is 0. The molecule has 3 heteroatoms. The molecular weight excluding hydrogens is 280 g/mol. The molecule has 1 aromatic carbocycles. The number of pyridine rings is 1. The lowest BCUT2D eigenvalue weighted by molar-refractivity contribution is 0.180. The fraction of sp³-hybridized carbons (Fsp3) is 0.389. The SMILES string of the molecule is Clc1ccccc1CN(Cc1ccncc1)C1CCCC1. The molecule has 1 saturated carbocycles. The van der Waals surface area contributed by atoms with Crippen LogP contribution in [0.15, 0.2) is 48.8 Å². The predicted octanol–water partition coefficient (Wildman–Crippen LogP) is 4.68. The Morgan fingerprint density at radius 2 is 1.71 bits per heavy atom. The number of hydrogen-bond acceptors (Lipinski definition) is 2. The van der Waals surface area contributed by atoms with Gasteiger partial charge in [0, 0.05) is 36.5 Å². The first-order valence-electron chi connectivity index (χ1n) is 7.69. The van der Waals surface area contributed by atoms with E-state index in [9.17, 15) is 0 Å². The molecule has 0 unspecified atom stereocenters. The zero-order valence-corrected chi connectivity index (χ0v) is 13.0. The molecule has 0 bridgehead atoms. The topological polar surface area (TPSA) is 16.1 Å². The molecule has 3 rings (SSSR count). The lowest BCUT2D eigenvalue weighted by atomic mass is 10.1. The zero-order valence-electron chi connectivity index (χ0n) is 12.2. The number of nitrogens with zero attached hydrogens (tertiary/aromatic N) is 2. The molecule has 0 N–H and O–H groups in total. The minimum absolute atomic E-state index is 0.675. The Kier molecular flexibility index (Phi) is 4.89. The number of hydrogen-bond donors (Lipinski definition) is 0. The zero-order chi connectivity index (χ0) is 14.5. The minimum Gasteiger partial charge on any atom is -0.292 e. The molecule has 21 heavy (non-hydrogen) atoms. The van der Waals surface area contributed by atoms with Crippen LogP contribution in [0.1, 0.15) is 36.8 Å². The third kappa shape index (κ3) is 3.84. The van der Waals surface area contributed by atoms with E-state index in [4.69, 9.17) is 11.6 Å². The van der Waals surface area contributed by atoms with Crippen molar-refractivity contribution in [2.45, 2.75) is 44.8 Å². The number of rotatable bonds is 5. The summed E-state index contributed by atoms with van der Waals surface area (Å²) in [6.07, 6.45) is 9.04. The van der Waals surface area contributed by atoms with Crippen molar-refractivity contribution in [1.29, 1.82) is 0 Å². The first kappa shape index (κ1) is 14.6. The van der Waals surface area contributed by atoms with Crippen LogP contribution in [0.4, 0.5) is 0 Å². The van der Waals surface area contributed by atoms with Gasteiger partial charge in [0.05, 0.1) is 0 Å². The molecule has 0 amide bonds. The highest BCUT2D eigenvalue weighted by atomic mass is 35.5. The summed E-state index contributed by atoms with van der Waals surface area (Å²) < 4.78 is 0. The van der Waals surface area contributed by atoms with E-state index in [1.54, 1.807) is 0 Å². The van der Waals surface area contributed by atoms with Crippen molar-refractivity contribution in [3.8, 4) is 0 Å². The molecule has 0 radical (unpaired) electrons. The van der Waals surface area contributed by atoms with Crippen LogP contribution in [0.25, 0.3) is 0 Å². The van der Waals surface area contributed by atoms with Crippen LogP contribution in [0, 0.1) is 0 Å². The van der Waals surface area contributed by atoms with E-state index in [2.05, 4.69) is 34.1 Å². The van der Waals surface area contributed by atoms with Gasteiger partial charge in [-0.05, 0) is 42.2 Å². The lowest BCUT2D eigenvalue weighted by Gasteiger charge is -2.29. The van der Waals surface area contributed by atoms with Gasteiger partial charge in [0.1, 0.15) is 0 Å². The van der Waals surface area contributed by atoms with Crippen LogP contribution in [0.3, 0.4) is 0 Å². The molecule has 1 aliphatic carbocycles. The van der Waals surface area contributed by atoms with Crippen molar-refractivity contribution in [2.75, 3.05) is 0 Å². The van der Waals surface area contributed by atoms with Gasteiger partial charge in [-0.1, -0.05) is 42.6 Å². The maximum atomic E-state index is 6.34. The van der Waals surface area contributed by atoms with Crippen molar-refractivity contribution in [3.05, 3.63) is 64.9 Å². The van der Waals surface area contributed by atoms with Crippen LogP contribution >= 0.6 is 11.6 Å². The second-order valence-electron chi connectivity index (χ2n) is 5.79. The van der Waals surface area contributed by atoms with Gasteiger partial charge in [-0.2, -0.15) is 0 Å². The van der Waals surface area contributed by atoms with Gasteiger partial charge in [-0.15, -0.1) is 0 Å². The Labute approximate surface area is 131 Å². The monoisotopic (exact) mass is 300 g/mol. The molecule has 110 valence electrons. The molecule has 2 nitrogen and oxygen atoms in total. The summed E-state index contributed by atoms with van der Waals surface area (Å²) >= 11 is 6.34. The maximum absolute atomic E-state index is 6.34. The van der Waals surface area contributed by atoms with E-state index in [1.807, 2.05) is 24.5 Å². The summed E-state index contributed by atoms with van der Waals surface area (Å²) in [5.41, 5.74) is 2.55. The summed E-state index contributed by atoms with van der Waals surface area (Å²) in [5, 5.41) is 0.871. The van der Waals surface area contributed by atoms with E-state index in [0.717, 1.165) is 18.1 Å². The van der Waals surface area contributed by atoms with Crippen LogP contribution in [-0.2, 0) is 13.1 Å². The largest absolute Gasteiger partial charge is 0.292 e. The van der Waals surface area contributed by atoms with Gasteiger partial charge in [-0.25, -0.2) is 0 Å². The van der Waals surface area contributed by atoms with Crippen LogP contribution in [0.5, 0.6) is 0 Å². The van der Waals surface area contributed by atoms with Crippen molar-refractivity contribution in [3.63, 3.8) is 0 Å². The van der Waals surface area contributed by atoms with Crippen molar-refractivity contribution < 1.29 is 0 Å². The molecular formula is C18H21ClN2. The average molecular weight is 301 g/mol. The van der Waals surface area contributed by atoms with E-state index >= 15 is 0 Å². The fourth-order valence-electron chi connectivity index (χ4n) is 3.15. The summed E-state index contributed by atoms with van der Waals surface area (Å²) in [5.74, 6) is 0. The molecule has 2 aromatic rings. The standard InChI is InChI=1S/C18H21ClN2/c19-18-8-4-1-5-16(18)14-21(17-6-2-3-7-17)13-15-9-11-20-12-10-15/h1,4-5,8-12,17H,2-3,6-7,13-14H2. The summed E-state index contributed by atoms with van der Waals surface area (Å²) in [4.78, 5) is 6.68. The molecule has 1 aliphatic rings. The van der Waals surface area contributed by atoms with Gasteiger partial charge in [0.25, 0.3) is 0 Å². The Bertz CT molecular complexity index is 564. The van der Waals surface area contributed by atoms with Crippen LogP contribution in [0.2, 0.25) is 5.02 Å². The minimum atomic E-state index is 0.675. The molecule has 0 spiro atoms. The van der Waals surface area contributed by atoms with Gasteiger partial charge in [0.15, 0.2) is 0 Å². The molecule has 1 aromatic heterocycles. The average Bonchev–Trinajstić information content (AvgIpc) is 3.04. The van der Waals surface area contributed by atoms with Crippen molar-refractivity contribution >= 4 is 11.6 Å². The normalized spacial score (nSPS) is 15.7. The lowest BCUT2D eigenvalue weighted by Crippen LogP contribution is -2.32. The third-order valence-electron chi connectivity index (χ3n) is 4.31. The molecule has 1 fully saturated rings. The number of halogens is 1. The van der Waals surface area contributed by atoms with Gasteiger partial charge >= 0.3 is 0 Å². The Morgan fingerprint density at radius 3 is 2.43 bits per heavy atom. The Hall–Kier alpha value is -1.38. The highest BCUT2D eigenvalue weighted by Gasteiger charge is 2.23. The van der Waals surface area contributed by atoms with E-state index in [1.165, 1.54) is 36.8 Å². The molecule has 0 aliphatic heterocycles. The summed E-state index contributed by atoms with van der Waals surface area (Å²) in [6.45, 7) is 1.89. The van der Waals surface area contributed by atoms with Gasteiger partial charge in [0.2, 0.25) is 0 Å². The molecule has 0 atom stereocenters. The van der Waals surface area contributed by atoms with Gasteiger partial charge < -0.3 is 0 Å². The van der Waals surface area contributed by atoms with Crippen LogP contribution in [-0.4, -0.2) is 15.9 Å². The maximum Gasteiger partial charge on any atom is 0.0451 e. The predicted molar refractivity (Wildman–Crippen MR) is 87.2 cm³/mol. The highest BCUT2D eigenvalue weighted by Crippen LogP contribution is 2.28. The Balaban J connectivity index is 1.77. The molecule has 0 saturated heterocycles. The van der Waals surface area contributed by atoms with Crippen LogP contribution < -0.4 is 0 Å². The highest BCUT2D eigenvalue weighted by molar-refractivity contribution is 6.31. The van der Waals surface area contributed by atoms with Crippen molar-refractivity contribution in [2.24, 2.45) is 0 Å². The first-order valence-corrected chi connectivity index (χ1v) is 8.07. The van der Waals surface area contributed by atoms with Gasteiger partial charge in [-0.3, -0.25) is 9.88 Å². The first-order chi connectivity index (χ1) is 10.3. The van der Waals surface area contributed by atoms with E-state index in [0.29, 0.717) is 6.04 Å². The smallest absolute Gasteiger partial charge is 0.0451 e. The molecule has 1 heterocycles. The Morgan fingerprint density at radius 1 is 1.00 bits per heavy atom. The van der Waals surface area contributed by atoms with Crippen molar-refractivity contribution in [1.82, 2.24) is 9.88 Å². The second kappa shape index (κ2) is 7.06. The van der Waals surface area contributed by atoms with E-state index in [-0.39, 0.29) is 0 Å². The van der Waals surface area contributed by atoms with E-state index < -0.39 is 0 Å². The number of aromatic nitrogens is 1. The second-order valence-corrected chi connectivity index (χ2v) is 6.20. The number of benzene rings is 1.